The summed E-state index contributed by atoms with van der Waals surface area (Å²) in [6.07, 6.45) is 3.31. The van der Waals surface area contributed by atoms with E-state index in [9.17, 15) is 4.79 Å². The summed E-state index contributed by atoms with van der Waals surface area (Å²) in [7, 11) is 2.03. The molecule has 3 aromatic rings. The maximum Gasteiger partial charge on any atom is 0.295 e. The number of nitrogens with one attached hydrogen (secondary N) is 1. The van der Waals surface area contributed by atoms with Crippen LogP contribution in [0.25, 0.3) is 22.5 Å². The molecule has 8 nitrogen and oxygen atoms in total. The number of pyridine rings is 1. The van der Waals surface area contributed by atoms with E-state index in [1.807, 2.05) is 13.1 Å². The lowest BCUT2D eigenvalue weighted by Gasteiger charge is -2.31. The zero-order valence-corrected chi connectivity index (χ0v) is 13.7. The largest absolute Gasteiger partial charge is 0.346 e. The molecule has 0 atom stereocenters. The Bertz CT molecular complexity index is 896. The van der Waals surface area contributed by atoms with Crippen molar-refractivity contribution in [3.63, 3.8) is 0 Å². The molecule has 1 aliphatic rings. The second-order valence-electron chi connectivity index (χ2n) is 5.74. The number of likely N-dealkylation sites (N-methyl/N-ethyl adjacent to an activating group) is 1. The Morgan fingerprint density at radius 3 is 2.92 bits per heavy atom. The van der Waals surface area contributed by atoms with Crippen molar-refractivity contribution in [2.75, 3.05) is 33.2 Å². The Kier molecular flexibility index (Phi) is 3.70. The Morgan fingerprint density at radius 1 is 1.33 bits per heavy atom. The number of carbonyl (C=O) groups excluding carboxylic acids is 1. The number of rotatable bonds is 2. The van der Waals surface area contributed by atoms with E-state index >= 15 is 0 Å². The van der Waals surface area contributed by atoms with Crippen LogP contribution in [-0.4, -0.2) is 69.0 Å². The minimum absolute atomic E-state index is 0.0415. The molecule has 0 aromatic carbocycles. The summed E-state index contributed by atoms with van der Waals surface area (Å²) < 4.78 is 5.24. The van der Waals surface area contributed by atoms with E-state index in [2.05, 4.69) is 25.0 Å². The molecule has 1 fully saturated rings. The van der Waals surface area contributed by atoms with Crippen LogP contribution in [0.3, 0.4) is 0 Å². The highest BCUT2D eigenvalue weighted by Crippen LogP contribution is 2.31. The van der Waals surface area contributed by atoms with Crippen molar-refractivity contribution >= 4 is 28.5 Å². The van der Waals surface area contributed by atoms with Gasteiger partial charge in [-0.05, 0) is 13.1 Å². The molecule has 4 heterocycles. The molecule has 0 unspecified atom stereocenters. The van der Waals surface area contributed by atoms with Gasteiger partial charge in [0.05, 0.1) is 10.6 Å². The SMILES string of the molecule is CN1CCN(C(=O)c2noc(-c3cnc4[nH]ccc4c3Cl)n2)CC1. The van der Waals surface area contributed by atoms with Gasteiger partial charge in [-0.1, -0.05) is 16.8 Å². The molecule has 1 amide bonds. The van der Waals surface area contributed by atoms with Crippen LogP contribution in [0.2, 0.25) is 5.02 Å². The highest BCUT2D eigenvalue weighted by Gasteiger charge is 2.25. The maximum absolute atomic E-state index is 12.5. The van der Waals surface area contributed by atoms with Crippen molar-refractivity contribution in [3.8, 4) is 11.5 Å². The molecular weight excluding hydrogens is 332 g/mol. The lowest BCUT2D eigenvalue weighted by molar-refractivity contribution is 0.0648. The van der Waals surface area contributed by atoms with Crippen molar-refractivity contribution in [1.29, 1.82) is 0 Å². The average Bonchev–Trinajstić information content (AvgIpc) is 3.25. The highest BCUT2D eigenvalue weighted by molar-refractivity contribution is 6.37. The van der Waals surface area contributed by atoms with Gasteiger partial charge in [0.2, 0.25) is 0 Å². The average molecular weight is 347 g/mol. The fraction of sp³-hybridized carbons (Fsp3) is 0.333. The number of hydrogen-bond donors (Lipinski definition) is 1. The van der Waals surface area contributed by atoms with Gasteiger partial charge >= 0.3 is 0 Å². The molecule has 3 aromatic heterocycles. The summed E-state index contributed by atoms with van der Waals surface area (Å²) in [6, 6.07) is 1.82. The van der Waals surface area contributed by atoms with E-state index in [0.29, 0.717) is 29.3 Å². The van der Waals surface area contributed by atoms with Crippen LogP contribution in [0.5, 0.6) is 0 Å². The third-order valence-corrected chi connectivity index (χ3v) is 4.57. The van der Waals surface area contributed by atoms with E-state index in [-0.39, 0.29) is 17.6 Å². The van der Waals surface area contributed by atoms with Crippen LogP contribution in [0.15, 0.2) is 23.0 Å². The summed E-state index contributed by atoms with van der Waals surface area (Å²) in [5, 5.41) is 5.04. The van der Waals surface area contributed by atoms with Crippen molar-refractivity contribution in [2.45, 2.75) is 0 Å². The number of halogens is 1. The first-order valence-corrected chi connectivity index (χ1v) is 7.95. The van der Waals surface area contributed by atoms with Crippen LogP contribution in [0, 0.1) is 0 Å². The Morgan fingerprint density at radius 2 is 2.12 bits per heavy atom. The molecule has 9 heteroatoms. The molecule has 0 bridgehead atoms. The minimum Gasteiger partial charge on any atom is -0.346 e. The smallest absolute Gasteiger partial charge is 0.295 e. The monoisotopic (exact) mass is 346 g/mol. The van der Waals surface area contributed by atoms with Gasteiger partial charge in [-0.15, -0.1) is 0 Å². The third-order valence-electron chi connectivity index (χ3n) is 4.16. The van der Waals surface area contributed by atoms with E-state index in [0.717, 1.165) is 18.5 Å². The van der Waals surface area contributed by atoms with Gasteiger partial charge < -0.3 is 19.3 Å². The number of fused-ring (bicyclic) bond motifs is 1. The number of carbonyl (C=O) groups is 1. The van der Waals surface area contributed by atoms with Crippen molar-refractivity contribution in [2.24, 2.45) is 0 Å². The molecule has 0 spiro atoms. The number of hydrogen-bond acceptors (Lipinski definition) is 6. The van der Waals surface area contributed by atoms with E-state index in [1.165, 1.54) is 0 Å². The first-order chi connectivity index (χ1) is 11.6. The fourth-order valence-corrected chi connectivity index (χ4v) is 2.98. The second-order valence-corrected chi connectivity index (χ2v) is 6.12. The van der Waals surface area contributed by atoms with Crippen LogP contribution in [-0.2, 0) is 0 Å². The fourth-order valence-electron chi connectivity index (χ4n) is 2.70. The standard InChI is InChI=1S/C15H15ClN6O2/c1-21-4-6-22(7-5-21)15(23)13-19-14(24-20-13)10-8-18-12-9(11(10)16)2-3-17-12/h2-3,8H,4-7H2,1H3,(H,17,18). The summed E-state index contributed by atoms with van der Waals surface area (Å²) in [6.45, 7) is 2.96. The molecule has 124 valence electrons. The zero-order valence-electron chi connectivity index (χ0n) is 13.0. The molecular formula is C15H15ClN6O2. The van der Waals surface area contributed by atoms with Crippen LogP contribution in [0.4, 0.5) is 0 Å². The number of H-pyrrole nitrogens is 1. The van der Waals surface area contributed by atoms with Gasteiger partial charge in [0.25, 0.3) is 17.6 Å². The van der Waals surface area contributed by atoms with Gasteiger partial charge in [0.15, 0.2) is 0 Å². The number of piperazine rings is 1. The Balaban J connectivity index is 1.62. The van der Waals surface area contributed by atoms with Crippen molar-refractivity contribution in [3.05, 3.63) is 29.3 Å². The number of aromatic nitrogens is 4. The summed E-state index contributed by atoms with van der Waals surface area (Å²) in [5.74, 6) is -0.00207. The van der Waals surface area contributed by atoms with E-state index < -0.39 is 0 Å². The predicted molar refractivity (Wildman–Crippen MR) is 87.8 cm³/mol. The molecule has 1 saturated heterocycles. The molecule has 0 radical (unpaired) electrons. The molecule has 0 saturated carbocycles. The van der Waals surface area contributed by atoms with Crippen molar-refractivity contribution < 1.29 is 9.32 Å². The van der Waals surface area contributed by atoms with Crippen LogP contribution >= 0.6 is 11.6 Å². The van der Waals surface area contributed by atoms with Gasteiger partial charge in [-0.2, -0.15) is 4.98 Å². The lowest BCUT2D eigenvalue weighted by Crippen LogP contribution is -2.47. The molecule has 1 aliphatic heterocycles. The zero-order chi connectivity index (χ0) is 16.7. The van der Waals surface area contributed by atoms with Gasteiger partial charge in [0.1, 0.15) is 5.65 Å². The highest BCUT2D eigenvalue weighted by atomic mass is 35.5. The number of nitrogens with zero attached hydrogens (tertiary/aromatic N) is 5. The first-order valence-electron chi connectivity index (χ1n) is 7.57. The van der Waals surface area contributed by atoms with Gasteiger partial charge in [-0.3, -0.25) is 4.79 Å². The first kappa shape index (κ1) is 15.1. The normalized spacial score (nSPS) is 16.0. The maximum atomic E-state index is 12.5. The topological polar surface area (TPSA) is 91.1 Å². The molecule has 24 heavy (non-hydrogen) atoms. The molecule has 4 rings (SSSR count). The van der Waals surface area contributed by atoms with Gasteiger partial charge in [0, 0.05) is 44.0 Å². The predicted octanol–water partition coefficient (Wildman–Crippen LogP) is 1.65. The molecule has 0 aliphatic carbocycles. The minimum atomic E-state index is -0.232. The number of amides is 1. The Hall–Kier alpha value is -2.45. The van der Waals surface area contributed by atoms with Crippen LogP contribution < -0.4 is 0 Å². The Labute approximate surface area is 142 Å². The number of aromatic amines is 1. The van der Waals surface area contributed by atoms with Gasteiger partial charge in [-0.25, -0.2) is 4.98 Å². The quantitative estimate of drug-likeness (QED) is 0.758. The van der Waals surface area contributed by atoms with Crippen LogP contribution in [0.1, 0.15) is 10.6 Å². The van der Waals surface area contributed by atoms with Crippen molar-refractivity contribution in [1.82, 2.24) is 29.9 Å². The summed E-state index contributed by atoms with van der Waals surface area (Å²) in [5.41, 5.74) is 1.19. The summed E-state index contributed by atoms with van der Waals surface area (Å²) >= 11 is 6.38. The second kappa shape index (κ2) is 5.88. The summed E-state index contributed by atoms with van der Waals surface area (Å²) in [4.78, 5) is 27.8. The molecule has 1 N–H and O–H groups in total. The third kappa shape index (κ3) is 2.53. The van der Waals surface area contributed by atoms with E-state index in [4.69, 9.17) is 16.1 Å². The van der Waals surface area contributed by atoms with E-state index in [1.54, 1.807) is 17.3 Å². The lowest BCUT2D eigenvalue weighted by atomic mass is 10.2.